The Morgan fingerprint density at radius 3 is 2.56 bits per heavy atom. The number of nitrogens with zero attached hydrogens (tertiary/aromatic N) is 1. The number of benzene rings is 1. The lowest BCUT2D eigenvalue weighted by Crippen LogP contribution is -2.36. The summed E-state index contributed by atoms with van der Waals surface area (Å²) in [5.74, 6) is -0.00583. The molecule has 134 valence electrons. The van der Waals surface area contributed by atoms with Crippen LogP contribution in [0.2, 0.25) is 0 Å². The lowest BCUT2D eigenvalue weighted by atomic mass is 10.3. The SMILES string of the molecule is CCOc1ccc(S(=O)(=O)CNCC(=O)NCc2ccccn2)cc1. The van der Waals surface area contributed by atoms with Gasteiger partial charge < -0.3 is 10.1 Å². The summed E-state index contributed by atoms with van der Waals surface area (Å²) in [6.07, 6.45) is 1.64. The quantitative estimate of drug-likeness (QED) is 0.693. The van der Waals surface area contributed by atoms with Gasteiger partial charge in [-0.2, -0.15) is 0 Å². The smallest absolute Gasteiger partial charge is 0.234 e. The van der Waals surface area contributed by atoms with E-state index in [1.54, 1.807) is 30.5 Å². The van der Waals surface area contributed by atoms with Crippen LogP contribution in [-0.2, 0) is 21.2 Å². The number of carbonyl (C=O) groups is 1. The Morgan fingerprint density at radius 2 is 1.92 bits per heavy atom. The van der Waals surface area contributed by atoms with Crippen LogP contribution in [-0.4, -0.2) is 38.3 Å². The predicted octanol–water partition coefficient (Wildman–Crippen LogP) is 1.12. The Labute approximate surface area is 147 Å². The van der Waals surface area contributed by atoms with Crippen LogP contribution in [0.25, 0.3) is 0 Å². The molecule has 1 amide bonds. The van der Waals surface area contributed by atoms with E-state index in [4.69, 9.17) is 4.74 Å². The van der Waals surface area contributed by atoms with Crippen LogP contribution in [0.1, 0.15) is 12.6 Å². The Balaban J connectivity index is 1.78. The van der Waals surface area contributed by atoms with E-state index in [0.717, 1.165) is 5.69 Å². The van der Waals surface area contributed by atoms with Gasteiger partial charge in [-0.15, -0.1) is 0 Å². The molecule has 0 fully saturated rings. The number of hydrogen-bond donors (Lipinski definition) is 2. The minimum atomic E-state index is -3.51. The molecule has 0 saturated heterocycles. The molecule has 2 N–H and O–H groups in total. The van der Waals surface area contributed by atoms with Crippen LogP contribution < -0.4 is 15.4 Å². The van der Waals surface area contributed by atoms with Gasteiger partial charge in [0, 0.05) is 6.20 Å². The summed E-state index contributed by atoms with van der Waals surface area (Å²) in [5, 5.41) is 5.32. The minimum absolute atomic E-state index is 0.0942. The van der Waals surface area contributed by atoms with Crippen molar-refractivity contribution in [1.82, 2.24) is 15.6 Å². The zero-order valence-corrected chi connectivity index (χ0v) is 14.8. The number of sulfone groups is 1. The Hall–Kier alpha value is -2.45. The molecule has 1 aromatic carbocycles. The summed E-state index contributed by atoms with van der Waals surface area (Å²) < 4.78 is 29.7. The average molecular weight is 363 g/mol. The van der Waals surface area contributed by atoms with Gasteiger partial charge in [0.25, 0.3) is 0 Å². The summed E-state index contributed by atoms with van der Waals surface area (Å²) in [6, 6.07) is 11.6. The number of ether oxygens (including phenoxy) is 1. The van der Waals surface area contributed by atoms with Crippen LogP contribution in [0.3, 0.4) is 0 Å². The maximum Gasteiger partial charge on any atom is 0.234 e. The molecule has 0 bridgehead atoms. The highest BCUT2D eigenvalue weighted by molar-refractivity contribution is 7.91. The van der Waals surface area contributed by atoms with E-state index in [1.165, 1.54) is 12.1 Å². The molecule has 0 aliphatic heterocycles. The second-order valence-electron chi connectivity index (χ2n) is 5.19. The van der Waals surface area contributed by atoms with E-state index in [0.29, 0.717) is 18.9 Å². The molecule has 8 heteroatoms. The number of hydrogen-bond acceptors (Lipinski definition) is 6. The lowest BCUT2D eigenvalue weighted by molar-refractivity contribution is -0.120. The van der Waals surface area contributed by atoms with Gasteiger partial charge in [-0.25, -0.2) is 8.42 Å². The highest BCUT2D eigenvalue weighted by atomic mass is 32.2. The molecule has 0 aliphatic carbocycles. The minimum Gasteiger partial charge on any atom is -0.494 e. The molecular formula is C17H21N3O4S. The van der Waals surface area contributed by atoms with E-state index in [2.05, 4.69) is 15.6 Å². The van der Waals surface area contributed by atoms with E-state index in [9.17, 15) is 13.2 Å². The summed E-state index contributed by atoms with van der Waals surface area (Å²) in [4.78, 5) is 16.0. The first-order chi connectivity index (χ1) is 12.0. The third-order valence-electron chi connectivity index (χ3n) is 3.26. The average Bonchev–Trinajstić information content (AvgIpc) is 2.61. The molecule has 25 heavy (non-hydrogen) atoms. The first-order valence-corrected chi connectivity index (χ1v) is 9.49. The molecule has 2 rings (SSSR count). The first-order valence-electron chi connectivity index (χ1n) is 7.84. The monoisotopic (exact) mass is 363 g/mol. The van der Waals surface area contributed by atoms with Gasteiger partial charge in [-0.05, 0) is 43.3 Å². The van der Waals surface area contributed by atoms with E-state index >= 15 is 0 Å². The van der Waals surface area contributed by atoms with Crippen LogP contribution in [0.15, 0.2) is 53.6 Å². The number of carbonyl (C=O) groups excluding carboxylic acids is 1. The molecular weight excluding hydrogens is 342 g/mol. The van der Waals surface area contributed by atoms with Crippen molar-refractivity contribution in [3.05, 3.63) is 54.4 Å². The largest absolute Gasteiger partial charge is 0.494 e. The maximum atomic E-state index is 12.2. The molecule has 1 heterocycles. The second kappa shape index (κ2) is 9.14. The van der Waals surface area contributed by atoms with Crippen LogP contribution >= 0.6 is 0 Å². The molecule has 2 aromatic rings. The van der Waals surface area contributed by atoms with Crippen LogP contribution in [0.4, 0.5) is 0 Å². The molecule has 1 aromatic heterocycles. The number of aromatic nitrogens is 1. The van der Waals surface area contributed by atoms with Gasteiger partial charge >= 0.3 is 0 Å². The number of nitrogens with one attached hydrogen (secondary N) is 2. The van der Waals surface area contributed by atoms with Crippen molar-refractivity contribution in [1.29, 1.82) is 0 Å². The summed E-state index contributed by atoms with van der Waals surface area (Å²) >= 11 is 0. The molecule has 0 unspecified atom stereocenters. The fraction of sp³-hybridized carbons (Fsp3) is 0.294. The van der Waals surface area contributed by atoms with E-state index in [1.807, 2.05) is 13.0 Å². The predicted molar refractivity (Wildman–Crippen MR) is 93.8 cm³/mol. The summed E-state index contributed by atoms with van der Waals surface area (Å²) in [7, 11) is -3.51. The fourth-order valence-corrected chi connectivity index (χ4v) is 3.13. The van der Waals surface area contributed by atoms with Gasteiger partial charge in [0.1, 0.15) is 11.6 Å². The van der Waals surface area contributed by atoms with Crippen molar-refractivity contribution < 1.29 is 17.9 Å². The third kappa shape index (κ3) is 6.17. The third-order valence-corrected chi connectivity index (χ3v) is 4.84. The number of pyridine rings is 1. The number of amides is 1. The van der Waals surface area contributed by atoms with Gasteiger partial charge in [0.05, 0.1) is 30.3 Å². The highest BCUT2D eigenvalue weighted by Crippen LogP contribution is 2.16. The summed E-state index contributed by atoms with van der Waals surface area (Å²) in [6.45, 7) is 2.57. The van der Waals surface area contributed by atoms with Gasteiger partial charge in [-0.1, -0.05) is 6.07 Å². The molecule has 0 aliphatic rings. The lowest BCUT2D eigenvalue weighted by Gasteiger charge is -2.08. The molecule has 0 saturated carbocycles. The van der Waals surface area contributed by atoms with E-state index in [-0.39, 0.29) is 23.2 Å². The van der Waals surface area contributed by atoms with Crippen molar-refractivity contribution in [3.8, 4) is 5.75 Å². The zero-order chi connectivity index (χ0) is 18.1. The Bertz CT molecular complexity index is 777. The topological polar surface area (TPSA) is 97.4 Å². The second-order valence-corrected chi connectivity index (χ2v) is 7.18. The molecule has 0 radical (unpaired) electrons. The molecule has 0 atom stereocenters. The van der Waals surface area contributed by atoms with Crippen molar-refractivity contribution in [2.75, 3.05) is 19.0 Å². The molecule has 0 spiro atoms. The maximum absolute atomic E-state index is 12.2. The van der Waals surface area contributed by atoms with Crippen LogP contribution in [0, 0.1) is 0 Å². The number of rotatable bonds is 9. The van der Waals surface area contributed by atoms with Gasteiger partial charge in [0.15, 0.2) is 9.84 Å². The van der Waals surface area contributed by atoms with Gasteiger partial charge in [0.2, 0.25) is 5.91 Å². The van der Waals surface area contributed by atoms with Crippen molar-refractivity contribution in [2.24, 2.45) is 0 Å². The first kappa shape index (κ1) is 18.9. The fourth-order valence-electron chi connectivity index (χ4n) is 2.05. The Morgan fingerprint density at radius 1 is 1.16 bits per heavy atom. The highest BCUT2D eigenvalue weighted by Gasteiger charge is 2.14. The standard InChI is InChI=1S/C17H21N3O4S/c1-2-24-15-6-8-16(9-7-15)25(22,23)13-18-12-17(21)20-11-14-5-3-4-10-19-14/h3-10,18H,2,11-13H2,1H3,(H,20,21). The van der Waals surface area contributed by atoms with Crippen molar-refractivity contribution in [3.63, 3.8) is 0 Å². The molecule has 7 nitrogen and oxygen atoms in total. The zero-order valence-electron chi connectivity index (χ0n) is 13.9. The van der Waals surface area contributed by atoms with Gasteiger partial charge in [-0.3, -0.25) is 15.1 Å². The van der Waals surface area contributed by atoms with Crippen molar-refractivity contribution in [2.45, 2.75) is 18.4 Å². The normalized spacial score (nSPS) is 11.1. The Kier molecular flexibility index (Phi) is 6.91. The van der Waals surface area contributed by atoms with Crippen LogP contribution in [0.5, 0.6) is 5.75 Å². The van der Waals surface area contributed by atoms with Crippen molar-refractivity contribution >= 4 is 15.7 Å². The van der Waals surface area contributed by atoms with E-state index < -0.39 is 9.84 Å². The summed E-state index contributed by atoms with van der Waals surface area (Å²) in [5.41, 5.74) is 0.734.